The molecule has 0 spiro atoms. The fourth-order valence-corrected chi connectivity index (χ4v) is 1.54. The summed E-state index contributed by atoms with van der Waals surface area (Å²) < 4.78 is 79.9. The van der Waals surface area contributed by atoms with Crippen LogP contribution in [-0.4, -0.2) is 19.2 Å². The van der Waals surface area contributed by atoms with Gasteiger partial charge in [-0.3, -0.25) is 0 Å². The van der Waals surface area contributed by atoms with Crippen LogP contribution in [0.4, 0.5) is 26.3 Å². The van der Waals surface area contributed by atoms with E-state index in [0.29, 0.717) is 6.07 Å². The van der Waals surface area contributed by atoms with E-state index in [1.807, 2.05) is 0 Å². The molecule has 0 bridgehead atoms. The standard InChI is InChI=1S/C10H7ClF6O/c1-18-7-3-2-5(12)4-6(7)8(11)9(13,14)10(15,16)17/h2-4,8H,1H3. The van der Waals surface area contributed by atoms with Crippen LogP contribution in [0.25, 0.3) is 0 Å². The topological polar surface area (TPSA) is 9.23 Å². The van der Waals surface area contributed by atoms with Crippen LogP contribution in [0.15, 0.2) is 18.2 Å². The van der Waals surface area contributed by atoms with Gasteiger partial charge in [-0.05, 0) is 18.2 Å². The molecule has 1 aromatic rings. The highest BCUT2D eigenvalue weighted by Crippen LogP contribution is 2.49. The molecular weight excluding hydrogens is 286 g/mol. The molecule has 0 aliphatic carbocycles. The first-order valence-electron chi connectivity index (χ1n) is 4.53. The molecule has 1 unspecified atom stereocenters. The molecule has 18 heavy (non-hydrogen) atoms. The predicted molar refractivity (Wildman–Crippen MR) is 52.5 cm³/mol. The molecule has 0 amide bonds. The summed E-state index contributed by atoms with van der Waals surface area (Å²) in [7, 11) is 1.05. The Morgan fingerprint density at radius 3 is 2.17 bits per heavy atom. The van der Waals surface area contributed by atoms with E-state index in [4.69, 9.17) is 11.6 Å². The third-order valence-corrected chi connectivity index (χ3v) is 2.67. The third kappa shape index (κ3) is 2.66. The van der Waals surface area contributed by atoms with Crippen LogP contribution in [0.2, 0.25) is 0 Å². The van der Waals surface area contributed by atoms with Crippen molar-refractivity contribution in [1.82, 2.24) is 0 Å². The van der Waals surface area contributed by atoms with E-state index in [1.54, 1.807) is 0 Å². The third-order valence-electron chi connectivity index (χ3n) is 2.16. The van der Waals surface area contributed by atoms with Gasteiger partial charge in [-0.2, -0.15) is 22.0 Å². The van der Waals surface area contributed by atoms with E-state index in [1.165, 1.54) is 0 Å². The molecule has 102 valence electrons. The van der Waals surface area contributed by atoms with E-state index in [9.17, 15) is 26.3 Å². The average Bonchev–Trinajstić information content (AvgIpc) is 2.26. The lowest BCUT2D eigenvalue weighted by molar-refractivity contribution is -0.283. The van der Waals surface area contributed by atoms with Gasteiger partial charge in [0.25, 0.3) is 0 Å². The van der Waals surface area contributed by atoms with Crippen molar-refractivity contribution in [3.63, 3.8) is 0 Å². The number of hydrogen-bond donors (Lipinski definition) is 0. The molecule has 0 radical (unpaired) electrons. The highest BCUT2D eigenvalue weighted by molar-refractivity contribution is 6.21. The minimum atomic E-state index is -5.84. The monoisotopic (exact) mass is 292 g/mol. The van der Waals surface area contributed by atoms with Crippen LogP contribution in [0.3, 0.4) is 0 Å². The number of ether oxygens (including phenoxy) is 1. The summed E-state index contributed by atoms with van der Waals surface area (Å²) in [6.07, 6.45) is -5.84. The minimum Gasteiger partial charge on any atom is -0.496 e. The first-order chi connectivity index (χ1) is 8.11. The van der Waals surface area contributed by atoms with Crippen molar-refractivity contribution in [3.8, 4) is 5.75 Å². The Kier molecular flexibility index (Phi) is 4.05. The second-order valence-corrected chi connectivity index (χ2v) is 3.81. The van der Waals surface area contributed by atoms with E-state index in [-0.39, 0.29) is 5.75 Å². The molecule has 0 saturated carbocycles. The lowest BCUT2D eigenvalue weighted by atomic mass is 10.0. The van der Waals surface area contributed by atoms with Crippen molar-refractivity contribution in [3.05, 3.63) is 29.6 Å². The van der Waals surface area contributed by atoms with Gasteiger partial charge in [-0.1, -0.05) is 0 Å². The highest BCUT2D eigenvalue weighted by Gasteiger charge is 2.62. The number of alkyl halides is 6. The van der Waals surface area contributed by atoms with Gasteiger partial charge in [0, 0.05) is 5.56 Å². The van der Waals surface area contributed by atoms with Crippen molar-refractivity contribution < 1.29 is 31.1 Å². The Morgan fingerprint density at radius 1 is 1.17 bits per heavy atom. The van der Waals surface area contributed by atoms with Gasteiger partial charge < -0.3 is 4.74 Å². The second kappa shape index (κ2) is 4.87. The maximum absolute atomic E-state index is 13.0. The molecule has 0 saturated heterocycles. The van der Waals surface area contributed by atoms with Gasteiger partial charge in [-0.15, -0.1) is 11.6 Å². The van der Waals surface area contributed by atoms with E-state index in [2.05, 4.69) is 4.74 Å². The molecule has 0 aliphatic heterocycles. The number of hydrogen-bond acceptors (Lipinski definition) is 1. The minimum absolute atomic E-state index is 0.347. The Hall–Kier alpha value is -1.11. The van der Waals surface area contributed by atoms with Crippen LogP contribution < -0.4 is 4.74 Å². The van der Waals surface area contributed by atoms with Crippen molar-refractivity contribution >= 4 is 11.6 Å². The molecule has 0 heterocycles. The summed E-state index contributed by atoms with van der Waals surface area (Å²) >= 11 is 5.12. The van der Waals surface area contributed by atoms with Gasteiger partial charge in [0.2, 0.25) is 0 Å². The van der Waals surface area contributed by atoms with Gasteiger partial charge >= 0.3 is 12.1 Å². The number of benzene rings is 1. The molecule has 8 heteroatoms. The van der Waals surface area contributed by atoms with Crippen LogP contribution in [-0.2, 0) is 0 Å². The fourth-order valence-electron chi connectivity index (χ4n) is 1.24. The predicted octanol–water partition coefficient (Wildman–Crippen LogP) is 4.31. The highest BCUT2D eigenvalue weighted by atomic mass is 35.5. The van der Waals surface area contributed by atoms with Crippen LogP contribution >= 0.6 is 11.6 Å². The quantitative estimate of drug-likeness (QED) is 0.596. The van der Waals surface area contributed by atoms with Crippen LogP contribution in [0, 0.1) is 5.82 Å². The van der Waals surface area contributed by atoms with Crippen molar-refractivity contribution in [2.45, 2.75) is 17.5 Å². The second-order valence-electron chi connectivity index (χ2n) is 3.37. The zero-order valence-corrected chi connectivity index (χ0v) is 9.62. The molecule has 1 aromatic carbocycles. The largest absolute Gasteiger partial charge is 0.496 e. The Morgan fingerprint density at radius 2 is 1.72 bits per heavy atom. The molecule has 0 aliphatic rings. The smallest absolute Gasteiger partial charge is 0.455 e. The summed E-state index contributed by atoms with van der Waals surface area (Å²) in [6, 6.07) is 2.26. The van der Waals surface area contributed by atoms with E-state index < -0.39 is 28.9 Å². The summed E-state index contributed by atoms with van der Waals surface area (Å²) in [5, 5.41) is -2.77. The van der Waals surface area contributed by atoms with E-state index in [0.717, 1.165) is 19.2 Å². The molecule has 1 rings (SSSR count). The first-order valence-corrected chi connectivity index (χ1v) is 4.97. The lowest BCUT2D eigenvalue weighted by Crippen LogP contribution is -2.40. The zero-order valence-electron chi connectivity index (χ0n) is 8.86. The number of rotatable bonds is 3. The number of halogens is 7. The number of methoxy groups -OCH3 is 1. The van der Waals surface area contributed by atoms with Crippen molar-refractivity contribution in [2.24, 2.45) is 0 Å². The zero-order chi connectivity index (χ0) is 14.1. The van der Waals surface area contributed by atoms with Crippen LogP contribution in [0.5, 0.6) is 5.75 Å². The van der Waals surface area contributed by atoms with Crippen molar-refractivity contribution in [2.75, 3.05) is 7.11 Å². The Labute approximate surface area is 103 Å². The first kappa shape index (κ1) is 14.9. The summed E-state index contributed by atoms with van der Waals surface area (Å²) in [5.74, 6) is -6.54. The summed E-state index contributed by atoms with van der Waals surface area (Å²) in [6.45, 7) is 0. The Balaban J connectivity index is 3.26. The average molecular weight is 293 g/mol. The van der Waals surface area contributed by atoms with Gasteiger partial charge in [0.15, 0.2) is 0 Å². The van der Waals surface area contributed by atoms with E-state index >= 15 is 0 Å². The maximum Gasteiger partial charge on any atom is 0.455 e. The summed E-state index contributed by atoms with van der Waals surface area (Å²) in [4.78, 5) is 0. The molecule has 0 aromatic heterocycles. The lowest BCUT2D eigenvalue weighted by Gasteiger charge is -2.25. The SMILES string of the molecule is COc1ccc(F)cc1C(Cl)C(F)(F)C(F)(F)F. The fraction of sp³-hybridized carbons (Fsp3) is 0.400. The normalized spacial score (nSPS) is 14.4. The molecule has 0 N–H and O–H groups in total. The van der Waals surface area contributed by atoms with Gasteiger partial charge in [0.1, 0.15) is 16.9 Å². The van der Waals surface area contributed by atoms with Crippen LogP contribution in [0.1, 0.15) is 10.9 Å². The van der Waals surface area contributed by atoms with Gasteiger partial charge in [-0.25, -0.2) is 4.39 Å². The van der Waals surface area contributed by atoms with Crippen molar-refractivity contribution in [1.29, 1.82) is 0 Å². The Bertz CT molecular complexity index is 431. The molecule has 1 nitrogen and oxygen atoms in total. The van der Waals surface area contributed by atoms with Gasteiger partial charge in [0.05, 0.1) is 7.11 Å². The summed E-state index contributed by atoms with van der Waals surface area (Å²) in [5.41, 5.74) is -0.763. The maximum atomic E-state index is 13.0. The molecular formula is C10H7ClF6O. The molecule has 0 fully saturated rings. The molecule has 1 atom stereocenters.